The van der Waals surface area contributed by atoms with Crippen LogP contribution in [0.4, 0.5) is 5.95 Å². The fourth-order valence-electron chi connectivity index (χ4n) is 4.02. The van der Waals surface area contributed by atoms with Gasteiger partial charge in [0.2, 0.25) is 11.9 Å². The Morgan fingerprint density at radius 2 is 1.92 bits per heavy atom. The Bertz CT molecular complexity index is 779. The van der Waals surface area contributed by atoms with Crippen LogP contribution in [0, 0.1) is 6.92 Å². The van der Waals surface area contributed by atoms with Crippen LogP contribution in [0.25, 0.3) is 0 Å². The van der Waals surface area contributed by atoms with Crippen molar-refractivity contribution in [1.29, 1.82) is 0 Å². The number of nitrogens with one attached hydrogen (secondary N) is 1. The lowest BCUT2D eigenvalue weighted by molar-refractivity contribution is -0.129. The highest BCUT2D eigenvalue weighted by molar-refractivity contribution is 5.80. The number of aryl methyl sites for hydroxylation is 2. The van der Waals surface area contributed by atoms with Crippen molar-refractivity contribution in [2.75, 3.05) is 11.9 Å². The van der Waals surface area contributed by atoms with Crippen LogP contribution in [-0.2, 0) is 24.1 Å². The molecule has 1 unspecified atom stereocenters. The number of aromatic nitrogens is 2. The van der Waals surface area contributed by atoms with E-state index in [0.717, 1.165) is 37.1 Å². The topological polar surface area (TPSA) is 58.1 Å². The molecule has 1 saturated heterocycles. The Morgan fingerprint density at radius 1 is 1.20 bits per heavy atom. The average molecular weight is 336 g/mol. The zero-order valence-electron chi connectivity index (χ0n) is 14.8. The number of amides is 1. The van der Waals surface area contributed by atoms with Crippen molar-refractivity contribution in [2.24, 2.45) is 0 Å². The summed E-state index contributed by atoms with van der Waals surface area (Å²) in [5, 5.41) is 3.36. The Kier molecular flexibility index (Phi) is 4.15. The first-order chi connectivity index (χ1) is 12.1. The summed E-state index contributed by atoms with van der Waals surface area (Å²) in [7, 11) is 0. The van der Waals surface area contributed by atoms with Crippen molar-refractivity contribution in [3.8, 4) is 0 Å². The first-order valence-electron chi connectivity index (χ1n) is 9.09. The van der Waals surface area contributed by atoms with E-state index in [4.69, 9.17) is 0 Å². The van der Waals surface area contributed by atoms with Crippen LogP contribution in [-0.4, -0.2) is 39.4 Å². The largest absolute Gasteiger partial charge is 0.349 e. The van der Waals surface area contributed by atoms with Crippen LogP contribution in [0.3, 0.4) is 0 Å². The number of carbonyl (C=O) groups is 1. The summed E-state index contributed by atoms with van der Waals surface area (Å²) >= 11 is 0. The van der Waals surface area contributed by atoms with Crippen LogP contribution in [0.15, 0.2) is 30.5 Å². The lowest BCUT2D eigenvalue weighted by Crippen LogP contribution is -2.38. The van der Waals surface area contributed by atoms with Gasteiger partial charge in [0.25, 0.3) is 0 Å². The maximum Gasteiger partial charge on any atom is 0.225 e. The molecule has 2 heterocycles. The summed E-state index contributed by atoms with van der Waals surface area (Å²) in [6.45, 7) is 4.86. The number of rotatable bonds is 4. The van der Waals surface area contributed by atoms with E-state index in [1.54, 1.807) is 0 Å². The third-order valence-electron chi connectivity index (χ3n) is 5.37. The number of anilines is 1. The third-order valence-corrected chi connectivity index (χ3v) is 5.37. The van der Waals surface area contributed by atoms with Crippen molar-refractivity contribution in [3.05, 3.63) is 52.8 Å². The Hall–Kier alpha value is -2.43. The molecule has 1 aromatic carbocycles. The monoisotopic (exact) mass is 336 g/mol. The summed E-state index contributed by atoms with van der Waals surface area (Å²) in [5.41, 5.74) is 4.93. The molecule has 1 atom stereocenters. The van der Waals surface area contributed by atoms with Gasteiger partial charge < -0.3 is 10.2 Å². The minimum Gasteiger partial charge on any atom is -0.349 e. The van der Waals surface area contributed by atoms with E-state index in [-0.39, 0.29) is 11.9 Å². The highest BCUT2D eigenvalue weighted by atomic mass is 16.2. The van der Waals surface area contributed by atoms with Gasteiger partial charge >= 0.3 is 0 Å². The Morgan fingerprint density at radius 3 is 2.60 bits per heavy atom. The fraction of sp³-hybridized carbons (Fsp3) is 0.450. The van der Waals surface area contributed by atoms with E-state index in [1.807, 2.05) is 18.0 Å². The van der Waals surface area contributed by atoms with Gasteiger partial charge in [-0.2, -0.15) is 0 Å². The number of nitrogens with zero attached hydrogens (tertiary/aromatic N) is 3. The van der Waals surface area contributed by atoms with Crippen molar-refractivity contribution in [2.45, 2.75) is 51.6 Å². The van der Waals surface area contributed by atoms with Gasteiger partial charge in [0.05, 0.1) is 6.04 Å². The second-order valence-corrected chi connectivity index (χ2v) is 7.10. The minimum atomic E-state index is 0.0867. The minimum absolute atomic E-state index is 0.0867. The predicted octanol–water partition coefficient (Wildman–Crippen LogP) is 2.53. The molecule has 2 aromatic rings. The van der Waals surface area contributed by atoms with E-state index in [1.165, 1.54) is 11.1 Å². The molecule has 0 spiro atoms. The maximum atomic E-state index is 12.5. The highest BCUT2D eigenvalue weighted by Crippen LogP contribution is 2.28. The third kappa shape index (κ3) is 3.11. The zero-order valence-corrected chi connectivity index (χ0v) is 14.8. The van der Waals surface area contributed by atoms with Crippen molar-refractivity contribution >= 4 is 11.9 Å². The van der Waals surface area contributed by atoms with E-state index >= 15 is 0 Å². The number of hydrogen-bond acceptors (Lipinski definition) is 4. The van der Waals surface area contributed by atoms with E-state index in [9.17, 15) is 4.79 Å². The molecule has 4 rings (SSSR count). The van der Waals surface area contributed by atoms with E-state index in [0.29, 0.717) is 18.4 Å². The number of benzene rings is 1. The van der Waals surface area contributed by atoms with Crippen LogP contribution in [0.5, 0.6) is 0 Å². The molecular formula is C20H24N4O. The SMILES string of the molecule is CCc1nc(NC2CC(=O)N(C3Cc4ccccc4C3)C2)ncc1C. The number of likely N-dealkylation sites (tertiary alicyclic amines) is 1. The maximum absolute atomic E-state index is 12.5. The second kappa shape index (κ2) is 6.47. The molecule has 1 N–H and O–H groups in total. The van der Waals surface area contributed by atoms with Gasteiger partial charge in [-0.3, -0.25) is 4.79 Å². The molecule has 1 fully saturated rings. The molecule has 0 saturated carbocycles. The lowest BCUT2D eigenvalue weighted by Gasteiger charge is -2.24. The fourth-order valence-corrected chi connectivity index (χ4v) is 4.02. The van der Waals surface area contributed by atoms with Gasteiger partial charge in [-0.25, -0.2) is 9.97 Å². The van der Waals surface area contributed by atoms with Crippen molar-refractivity contribution in [3.63, 3.8) is 0 Å². The molecule has 0 radical (unpaired) electrons. The normalized spacial score (nSPS) is 20.2. The summed E-state index contributed by atoms with van der Waals surface area (Å²) < 4.78 is 0. The number of hydrogen-bond donors (Lipinski definition) is 1. The molecule has 1 aliphatic heterocycles. The molecular weight excluding hydrogens is 312 g/mol. The first-order valence-corrected chi connectivity index (χ1v) is 9.09. The number of carbonyl (C=O) groups excluding carboxylic acids is 1. The molecule has 5 heteroatoms. The van der Waals surface area contributed by atoms with E-state index in [2.05, 4.69) is 46.5 Å². The molecule has 0 bridgehead atoms. The van der Waals surface area contributed by atoms with E-state index < -0.39 is 0 Å². The summed E-state index contributed by atoms with van der Waals surface area (Å²) in [6, 6.07) is 8.90. The summed E-state index contributed by atoms with van der Waals surface area (Å²) in [4.78, 5) is 23.5. The smallest absolute Gasteiger partial charge is 0.225 e. The quantitative estimate of drug-likeness (QED) is 0.932. The summed E-state index contributed by atoms with van der Waals surface area (Å²) in [6.07, 6.45) is 5.20. The molecule has 2 aliphatic rings. The van der Waals surface area contributed by atoms with Gasteiger partial charge in [-0.05, 0) is 42.9 Å². The van der Waals surface area contributed by atoms with Gasteiger partial charge in [0.15, 0.2) is 0 Å². The number of fused-ring (bicyclic) bond motifs is 1. The molecule has 1 aliphatic carbocycles. The molecule has 1 aromatic heterocycles. The predicted molar refractivity (Wildman–Crippen MR) is 97.5 cm³/mol. The first kappa shape index (κ1) is 16.1. The summed E-state index contributed by atoms with van der Waals surface area (Å²) in [5.74, 6) is 0.870. The molecule has 1 amide bonds. The molecule has 25 heavy (non-hydrogen) atoms. The van der Waals surface area contributed by atoms with Crippen LogP contribution >= 0.6 is 0 Å². The van der Waals surface area contributed by atoms with Gasteiger partial charge in [-0.1, -0.05) is 31.2 Å². The zero-order chi connectivity index (χ0) is 17.4. The van der Waals surface area contributed by atoms with Crippen LogP contribution in [0.2, 0.25) is 0 Å². The second-order valence-electron chi connectivity index (χ2n) is 7.10. The van der Waals surface area contributed by atoms with Gasteiger partial charge in [-0.15, -0.1) is 0 Å². The molecule has 130 valence electrons. The van der Waals surface area contributed by atoms with Gasteiger partial charge in [0.1, 0.15) is 0 Å². The van der Waals surface area contributed by atoms with Crippen molar-refractivity contribution < 1.29 is 4.79 Å². The van der Waals surface area contributed by atoms with Crippen LogP contribution in [0.1, 0.15) is 35.7 Å². The molecule has 5 nitrogen and oxygen atoms in total. The standard InChI is InChI=1S/C20H24N4O/c1-3-18-13(2)11-21-20(23-18)22-16-10-19(25)24(12-16)17-8-14-6-4-5-7-15(14)9-17/h4-7,11,16-17H,3,8-10,12H2,1-2H3,(H,21,22,23). The van der Waals surface area contributed by atoms with Crippen LogP contribution < -0.4 is 5.32 Å². The highest BCUT2D eigenvalue weighted by Gasteiger charge is 2.37. The lowest BCUT2D eigenvalue weighted by atomic mass is 10.1. The Balaban J connectivity index is 1.43. The Labute approximate surface area is 148 Å². The van der Waals surface area contributed by atoms with Gasteiger partial charge in [0, 0.05) is 30.9 Å². The van der Waals surface area contributed by atoms with Crippen molar-refractivity contribution in [1.82, 2.24) is 14.9 Å². The average Bonchev–Trinajstić information content (AvgIpc) is 3.19.